The number of aryl methyl sites for hydroxylation is 1. The van der Waals surface area contributed by atoms with E-state index in [2.05, 4.69) is 9.97 Å². The fraction of sp³-hybridized carbons (Fsp3) is 0.538. The van der Waals surface area contributed by atoms with E-state index < -0.39 is 12.0 Å². The number of hydrogen-bond acceptors (Lipinski definition) is 4. The SMILES string of the molecule is Cc1cnc(C(=O)N2CCCCCC2C(=O)O)cn1. The molecule has 0 spiro atoms. The first-order chi connectivity index (χ1) is 9.09. The van der Waals surface area contributed by atoms with Crippen LogP contribution in [0.1, 0.15) is 41.9 Å². The molecule has 1 aromatic heterocycles. The van der Waals surface area contributed by atoms with E-state index in [1.165, 1.54) is 17.3 Å². The summed E-state index contributed by atoms with van der Waals surface area (Å²) in [6.45, 7) is 2.25. The lowest BCUT2D eigenvalue weighted by Crippen LogP contribution is -2.45. The molecule has 1 unspecified atom stereocenters. The molecule has 0 bridgehead atoms. The van der Waals surface area contributed by atoms with Gasteiger partial charge in [0, 0.05) is 12.7 Å². The maximum Gasteiger partial charge on any atom is 0.326 e. The monoisotopic (exact) mass is 263 g/mol. The summed E-state index contributed by atoms with van der Waals surface area (Å²) >= 11 is 0. The summed E-state index contributed by atoms with van der Waals surface area (Å²) in [6, 6.07) is -0.752. The fourth-order valence-corrected chi connectivity index (χ4v) is 2.26. The average Bonchev–Trinajstić information content (AvgIpc) is 2.64. The minimum atomic E-state index is -0.949. The van der Waals surface area contributed by atoms with Gasteiger partial charge in [0.2, 0.25) is 0 Å². The standard InChI is InChI=1S/C13H17N3O3/c1-9-7-15-10(8-14-9)12(17)16-6-4-2-3-5-11(16)13(18)19/h7-8,11H,2-6H2,1H3,(H,18,19). The van der Waals surface area contributed by atoms with Crippen molar-refractivity contribution in [2.45, 2.75) is 38.6 Å². The number of hydrogen-bond donors (Lipinski definition) is 1. The van der Waals surface area contributed by atoms with Gasteiger partial charge in [-0.2, -0.15) is 0 Å². The number of likely N-dealkylation sites (tertiary alicyclic amines) is 1. The Morgan fingerprint density at radius 1 is 1.26 bits per heavy atom. The molecule has 0 aliphatic carbocycles. The Balaban J connectivity index is 2.23. The summed E-state index contributed by atoms with van der Waals surface area (Å²) in [7, 11) is 0. The van der Waals surface area contributed by atoms with Gasteiger partial charge >= 0.3 is 5.97 Å². The van der Waals surface area contributed by atoms with Crippen molar-refractivity contribution in [3.05, 3.63) is 23.8 Å². The Morgan fingerprint density at radius 2 is 2.05 bits per heavy atom. The van der Waals surface area contributed by atoms with E-state index in [1.807, 2.05) is 0 Å². The van der Waals surface area contributed by atoms with Gasteiger partial charge in [-0.05, 0) is 19.8 Å². The minimum absolute atomic E-state index is 0.207. The number of carbonyl (C=O) groups is 2. The molecule has 1 aromatic rings. The number of amides is 1. The maximum absolute atomic E-state index is 12.3. The number of carboxylic acid groups (broad SMARTS) is 1. The van der Waals surface area contributed by atoms with Gasteiger partial charge in [0.05, 0.1) is 11.9 Å². The molecule has 6 nitrogen and oxygen atoms in total. The van der Waals surface area contributed by atoms with Gasteiger partial charge in [-0.25, -0.2) is 9.78 Å². The second kappa shape index (κ2) is 5.77. The largest absolute Gasteiger partial charge is 0.480 e. The molecular formula is C13H17N3O3. The molecule has 1 saturated heterocycles. The number of nitrogens with zero attached hydrogens (tertiary/aromatic N) is 3. The molecule has 102 valence electrons. The molecule has 0 radical (unpaired) electrons. The molecule has 1 fully saturated rings. The third-order valence-electron chi connectivity index (χ3n) is 3.30. The van der Waals surface area contributed by atoms with E-state index in [0.717, 1.165) is 25.0 Å². The van der Waals surface area contributed by atoms with Crippen molar-refractivity contribution in [1.82, 2.24) is 14.9 Å². The molecule has 19 heavy (non-hydrogen) atoms. The molecule has 0 aromatic carbocycles. The van der Waals surface area contributed by atoms with Gasteiger partial charge in [-0.1, -0.05) is 12.8 Å². The van der Waals surface area contributed by atoms with E-state index >= 15 is 0 Å². The van der Waals surface area contributed by atoms with Crippen LogP contribution in [0.15, 0.2) is 12.4 Å². The van der Waals surface area contributed by atoms with Crippen LogP contribution in [0, 0.1) is 6.92 Å². The van der Waals surface area contributed by atoms with E-state index in [1.54, 1.807) is 6.92 Å². The zero-order valence-corrected chi connectivity index (χ0v) is 10.9. The molecule has 0 saturated carbocycles. The zero-order valence-electron chi connectivity index (χ0n) is 10.9. The highest BCUT2D eigenvalue weighted by atomic mass is 16.4. The second-order valence-corrected chi connectivity index (χ2v) is 4.74. The number of rotatable bonds is 2. The summed E-state index contributed by atoms with van der Waals surface area (Å²) < 4.78 is 0. The Hall–Kier alpha value is -1.98. The first-order valence-electron chi connectivity index (χ1n) is 6.42. The second-order valence-electron chi connectivity index (χ2n) is 4.74. The van der Waals surface area contributed by atoms with Crippen LogP contribution in [0.2, 0.25) is 0 Å². The Morgan fingerprint density at radius 3 is 2.68 bits per heavy atom. The topological polar surface area (TPSA) is 83.4 Å². The lowest BCUT2D eigenvalue weighted by atomic mass is 10.1. The molecule has 6 heteroatoms. The molecule has 1 amide bonds. The molecule has 1 aliphatic rings. The van der Waals surface area contributed by atoms with Gasteiger partial charge in [0.15, 0.2) is 0 Å². The van der Waals surface area contributed by atoms with Crippen LogP contribution in [0.5, 0.6) is 0 Å². The van der Waals surface area contributed by atoms with Crippen molar-refractivity contribution in [3.8, 4) is 0 Å². The van der Waals surface area contributed by atoms with Crippen molar-refractivity contribution in [1.29, 1.82) is 0 Å². The number of aliphatic carboxylic acids is 1. The van der Waals surface area contributed by atoms with E-state index in [0.29, 0.717) is 13.0 Å². The molecule has 2 rings (SSSR count). The van der Waals surface area contributed by atoms with Crippen molar-refractivity contribution in [2.24, 2.45) is 0 Å². The van der Waals surface area contributed by atoms with Gasteiger partial charge < -0.3 is 10.0 Å². The summed E-state index contributed by atoms with van der Waals surface area (Å²) in [5.74, 6) is -1.29. The minimum Gasteiger partial charge on any atom is -0.480 e. The van der Waals surface area contributed by atoms with Crippen molar-refractivity contribution >= 4 is 11.9 Å². The van der Waals surface area contributed by atoms with Crippen LogP contribution in [-0.2, 0) is 4.79 Å². The Bertz CT molecular complexity index is 473. The lowest BCUT2D eigenvalue weighted by Gasteiger charge is -2.26. The third kappa shape index (κ3) is 3.07. The van der Waals surface area contributed by atoms with Gasteiger partial charge in [-0.15, -0.1) is 0 Å². The van der Waals surface area contributed by atoms with Crippen LogP contribution >= 0.6 is 0 Å². The number of aromatic nitrogens is 2. The summed E-state index contributed by atoms with van der Waals surface area (Å²) in [5.41, 5.74) is 0.931. The quantitative estimate of drug-likeness (QED) is 0.868. The molecule has 2 heterocycles. The molecule has 1 atom stereocenters. The summed E-state index contributed by atoms with van der Waals surface area (Å²) in [4.78, 5) is 33.1. The highest BCUT2D eigenvalue weighted by molar-refractivity contribution is 5.94. The number of carboxylic acids is 1. The van der Waals surface area contributed by atoms with Gasteiger partial charge in [0.1, 0.15) is 11.7 Å². The predicted octanol–water partition coefficient (Wildman–Crippen LogP) is 1.25. The van der Waals surface area contributed by atoms with Crippen LogP contribution in [0.3, 0.4) is 0 Å². The van der Waals surface area contributed by atoms with Crippen molar-refractivity contribution in [3.63, 3.8) is 0 Å². The zero-order chi connectivity index (χ0) is 13.8. The first-order valence-corrected chi connectivity index (χ1v) is 6.42. The van der Waals surface area contributed by atoms with Crippen LogP contribution in [0.4, 0.5) is 0 Å². The Kier molecular flexibility index (Phi) is 4.09. The molecule has 1 N–H and O–H groups in total. The lowest BCUT2D eigenvalue weighted by molar-refractivity contribution is -0.142. The maximum atomic E-state index is 12.3. The summed E-state index contributed by atoms with van der Waals surface area (Å²) in [6.07, 6.45) is 6.03. The summed E-state index contributed by atoms with van der Waals surface area (Å²) in [5, 5.41) is 9.24. The average molecular weight is 263 g/mol. The van der Waals surface area contributed by atoms with E-state index in [-0.39, 0.29) is 11.6 Å². The third-order valence-corrected chi connectivity index (χ3v) is 3.30. The normalized spacial score (nSPS) is 19.8. The first kappa shape index (κ1) is 13.5. The predicted molar refractivity (Wildman–Crippen MR) is 67.7 cm³/mol. The van der Waals surface area contributed by atoms with Crippen LogP contribution in [-0.4, -0.2) is 44.4 Å². The highest BCUT2D eigenvalue weighted by Crippen LogP contribution is 2.19. The van der Waals surface area contributed by atoms with E-state index in [9.17, 15) is 14.7 Å². The van der Waals surface area contributed by atoms with Crippen molar-refractivity contribution in [2.75, 3.05) is 6.54 Å². The van der Waals surface area contributed by atoms with E-state index in [4.69, 9.17) is 0 Å². The highest BCUT2D eigenvalue weighted by Gasteiger charge is 2.31. The molecular weight excluding hydrogens is 246 g/mol. The van der Waals surface area contributed by atoms with Crippen molar-refractivity contribution < 1.29 is 14.7 Å². The van der Waals surface area contributed by atoms with Gasteiger partial charge in [0.25, 0.3) is 5.91 Å². The molecule has 1 aliphatic heterocycles. The van der Waals surface area contributed by atoms with Crippen LogP contribution in [0.25, 0.3) is 0 Å². The number of carbonyl (C=O) groups excluding carboxylic acids is 1. The fourth-order valence-electron chi connectivity index (χ4n) is 2.26. The smallest absolute Gasteiger partial charge is 0.326 e. The van der Waals surface area contributed by atoms with Crippen LogP contribution < -0.4 is 0 Å². The Labute approximate surface area is 111 Å². The van der Waals surface area contributed by atoms with Gasteiger partial charge in [-0.3, -0.25) is 9.78 Å².